The lowest BCUT2D eigenvalue weighted by Crippen LogP contribution is -2.32. The van der Waals surface area contributed by atoms with Gasteiger partial charge in [-0.05, 0) is 32.1 Å². The molecular formula is C15H20O6. The van der Waals surface area contributed by atoms with Crippen LogP contribution in [0.25, 0.3) is 0 Å². The Morgan fingerprint density at radius 3 is 2.43 bits per heavy atom. The van der Waals surface area contributed by atoms with Crippen LogP contribution in [0, 0.1) is 17.8 Å². The molecule has 0 radical (unpaired) electrons. The van der Waals surface area contributed by atoms with E-state index >= 15 is 0 Å². The van der Waals surface area contributed by atoms with E-state index in [2.05, 4.69) is 6.58 Å². The number of carboxylic acid groups (broad SMARTS) is 2. The molecular weight excluding hydrogens is 276 g/mol. The summed E-state index contributed by atoms with van der Waals surface area (Å²) in [4.78, 5) is 33.3. The van der Waals surface area contributed by atoms with E-state index in [9.17, 15) is 14.4 Å². The van der Waals surface area contributed by atoms with Crippen LogP contribution < -0.4 is 0 Å². The van der Waals surface area contributed by atoms with Gasteiger partial charge in [0, 0.05) is 5.57 Å². The van der Waals surface area contributed by atoms with Crippen LogP contribution in [0.3, 0.4) is 0 Å². The fourth-order valence-electron chi connectivity index (χ4n) is 2.32. The van der Waals surface area contributed by atoms with Gasteiger partial charge in [-0.2, -0.15) is 0 Å². The van der Waals surface area contributed by atoms with E-state index in [0.29, 0.717) is 18.4 Å². The third kappa shape index (κ3) is 5.06. The van der Waals surface area contributed by atoms with Gasteiger partial charge < -0.3 is 14.9 Å². The molecule has 3 unspecified atom stereocenters. The monoisotopic (exact) mass is 296 g/mol. The van der Waals surface area contributed by atoms with E-state index in [1.807, 2.05) is 0 Å². The number of esters is 1. The van der Waals surface area contributed by atoms with Crippen LogP contribution in [-0.4, -0.2) is 34.7 Å². The predicted octanol–water partition coefficient (Wildman–Crippen LogP) is 1.86. The van der Waals surface area contributed by atoms with Gasteiger partial charge in [0.1, 0.15) is 0 Å². The van der Waals surface area contributed by atoms with E-state index in [-0.39, 0.29) is 18.9 Å². The van der Waals surface area contributed by atoms with Crippen molar-refractivity contribution in [1.29, 1.82) is 0 Å². The molecule has 0 aromatic rings. The Bertz CT molecular complexity index is 465. The van der Waals surface area contributed by atoms with Crippen LogP contribution in [0.1, 0.15) is 26.2 Å². The van der Waals surface area contributed by atoms with Gasteiger partial charge in [0.15, 0.2) is 0 Å². The number of aliphatic carboxylic acids is 2. The second-order valence-electron chi connectivity index (χ2n) is 5.25. The van der Waals surface area contributed by atoms with E-state index in [1.165, 1.54) is 6.08 Å². The standard InChI is InChI=1S/C15H20O6/c1-9(2)15(20)21-7-3-4-10-5-6-11(13(16)17)12(8-10)14(18)19/h5-6,10-12H,1,3-4,7-8H2,2H3,(H,16,17)(H,18,19). The van der Waals surface area contributed by atoms with Crippen molar-refractivity contribution in [1.82, 2.24) is 0 Å². The molecule has 1 aliphatic carbocycles. The molecule has 116 valence electrons. The average Bonchev–Trinajstić information content (AvgIpc) is 2.42. The Kier molecular flexibility index (Phi) is 6.14. The number of rotatable bonds is 7. The lowest BCUT2D eigenvalue weighted by molar-refractivity contribution is -0.152. The van der Waals surface area contributed by atoms with Gasteiger partial charge in [-0.25, -0.2) is 4.79 Å². The molecule has 0 fully saturated rings. The molecule has 0 amide bonds. The molecule has 1 rings (SSSR count). The summed E-state index contributed by atoms with van der Waals surface area (Å²) in [5.41, 5.74) is 0.336. The van der Waals surface area contributed by atoms with Crippen LogP contribution in [0.15, 0.2) is 24.3 Å². The van der Waals surface area contributed by atoms with Crippen LogP contribution in [0.5, 0.6) is 0 Å². The number of allylic oxidation sites excluding steroid dienone is 1. The Morgan fingerprint density at radius 2 is 1.90 bits per heavy atom. The van der Waals surface area contributed by atoms with Gasteiger partial charge in [0.2, 0.25) is 0 Å². The first-order valence-corrected chi connectivity index (χ1v) is 6.79. The molecule has 0 spiro atoms. The SMILES string of the molecule is C=C(C)C(=O)OCCCC1C=CC(C(=O)O)C(C(=O)O)C1. The predicted molar refractivity (Wildman–Crippen MR) is 74.5 cm³/mol. The summed E-state index contributed by atoms with van der Waals surface area (Å²) in [6.45, 7) is 5.28. The Balaban J connectivity index is 2.45. The Morgan fingerprint density at radius 1 is 1.24 bits per heavy atom. The van der Waals surface area contributed by atoms with E-state index in [4.69, 9.17) is 14.9 Å². The van der Waals surface area contributed by atoms with Gasteiger partial charge in [-0.1, -0.05) is 18.7 Å². The highest BCUT2D eigenvalue weighted by atomic mass is 16.5. The van der Waals surface area contributed by atoms with Crippen molar-refractivity contribution in [3.05, 3.63) is 24.3 Å². The van der Waals surface area contributed by atoms with Crippen LogP contribution in [0.2, 0.25) is 0 Å². The molecule has 0 saturated heterocycles. The normalized spacial score (nSPS) is 24.3. The van der Waals surface area contributed by atoms with Gasteiger partial charge in [-0.3, -0.25) is 9.59 Å². The molecule has 0 aliphatic heterocycles. The Hall–Kier alpha value is -2.11. The summed E-state index contributed by atoms with van der Waals surface area (Å²) in [7, 11) is 0. The molecule has 0 bridgehead atoms. The summed E-state index contributed by atoms with van der Waals surface area (Å²) in [5.74, 6) is -4.54. The van der Waals surface area contributed by atoms with Gasteiger partial charge in [-0.15, -0.1) is 0 Å². The zero-order chi connectivity index (χ0) is 16.0. The summed E-state index contributed by atoms with van der Waals surface area (Å²) in [6, 6.07) is 0. The van der Waals surface area contributed by atoms with Crippen molar-refractivity contribution in [2.24, 2.45) is 17.8 Å². The van der Waals surface area contributed by atoms with Crippen molar-refractivity contribution in [2.75, 3.05) is 6.61 Å². The first-order chi connectivity index (χ1) is 9.82. The maximum Gasteiger partial charge on any atom is 0.333 e. The smallest absolute Gasteiger partial charge is 0.333 e. The fourth-order valence-corrected chi connectivity index (χ4v) is 2.32. The van der Waals surface area contributed by atoms with E-state index < -0.39 is 29.7 Å². The lowest BCUT2D eigenvalue weighted by Gasteiger charge is -2.26. The highest BCUT2D eigenvalue weighted by Crippen LogP contribution is 2.31. The molecule has 1 aliphatic rings. The summed E-state index contributed by atoms with van der Waals surface area (Å²) in [6.07, 6.45) is 4.74. The first-order valence-electron chi connectivity index (χ1n) is 6.79. The molecule has 0 saturated carbocycles. The average molecular weight is 296 g/mol. The largest absolute Gasteiger partial charge is 0.481 e. The molecule has 3 atom stereocenters. The van der Waals surface area contributed by atoms with Gasteiger partial charge >= 0.3 is 17.9 Å². The van der Waals surface area contributed by atoms with Gasteiger partial charge in [0.25, 0.3) is 0 Å². The second kappa shape index (κ2) is 7.61. The van der Waals surface area contributed by atoms with Crippen LogP contribution in [0.4, 0.5) is 0 Å². The minimum Gasteiger partial charge on any atom is -0.481 e. The van der Waals surface area contributed by atoms with Gasteiger partial charge in [0.05, 0.1) is 18.4 Å². The topological polar surface area (TPSA) is 101 Å². The number of ether oxygens (including phenoxy) is 1. The third-order valence-electron chi connectivity index (χ3n) is 3.48. The molecule has 21 heavy (non-hydrogen) atoms. The number of carbonyl (C=O) groups excluding carboxylic acids is 1. The van der Waals surface area contributed by atoms with E-state index in [0.717, 1.165) is 0 Å². The van der Waals surface area contributed by atoms with Crippen LogP contribution in [-0.2, 0) is 19.1 Å². The number of carbonyl (C=O) groups is 3. The van der Waals surface area contributed by atoms with Crippen molar-refractivity contribution < 1.29 is 29.3 Å². The molecule has 0 aromatic carbocycles. The number of carboxylic acids is 2. The Labute approximate surface area is 123 Å². The quantitative estimate of drug-likeness (QED) is 0.322. The van der Waals surface area contributed by atoms with Crippen molar-refractivity contribution in [3.8, 4) is 0 Å². The number of hydrogen-bond acceptors (Lipinski definition) is 4. The fraction of sp³-hybridized carbons (Fsp3) is 0.533. The minimum absolute atomic E-state index is 0.00905. The molecule has 6 heteroatoms. The van der Waals surface area contributed by atoms with E-state index in [1.54, 1.807) is 13.0 Å². The zero-order valence-corrected chi connectivity index (χ0v) is 11.9. The van der Waals surface area contributed by atoms with Crippen LogP contribution >= 0.6 is 0 Å². The van der Waals surface area contributed by atoms with Crippen molar-refractivity contribution in [3.63, 3.8) is 0 Å². The minimum atomic E-state index is -1.12. The first kappa shape index (κ1) is 16.9. The summed E-state index contributed by atoms with van der Waals surface area (Å²) in [5, 5.41) is 18.1. The zero-order valence-electron chi connectivity index (χ0n) is 11.9. The highest BCUT2D eigenvalue weighted by Gasteiger charge is 2.36. The van der Waals surface area contributed by atoms with Crippen molar-refractivity contribution >= 4 is 17.9 Å². The molecule has 0 heterocycles. The summed E-state index contributed by atoms with van der Waals surface area (Å²) >= 11 is 0. The lowest BCUT2D eigenvalue weighted by atomic mass is 9.77. The third-order valence-corrected chi connectivity index (χ3v) is 3.48. The summed E-state index contributed by atoms with van der Waals surface area (Å²) < 4.78 is 4.96. The maximum atomic E-state index is 11.2. The molecule has 6 nitrogen and oxygen atoms in total. The van der Waals surface area contributed by atoms with Crippen molar-refractivity contribution in [2.45, 2.75) is 26.2 Å². The highest BCUT2D eigenvalue weighted by molar-refractivity contribution is 5.86. The molecule has 0 aromatic heterocycles. The maximum absolute atomic E-state index is 11.2. The second-order valence-corrected chi connectivity index (χ2v) is 5.25. The molecule has 2 N–H and O–H groups in total. The number of hydrogen-bond donors (Lipinski definition) is 2.